The number of alkyl halides is 6. The molecule has 2 N–H and O–H groups in total. The smallest absolute Gasteiger partial charge is 0.352 e. The molecule has 4 aromatic rings. The van der Waals surface area contributed by atoms with Crippen molar-refractivity contribution in [2.45, 2.75) is 225 Å². The van der Waals surface area contributed by atoms with Crippen LogP contribution in [0.4, 0.5) is 26.3 Å². The van der Waals surface area contributed by atoms with Gasteiger partial charge in [0.05, 0.1) is 0 Å². The van der Waals surface area contributed by atoms with E-state index in [0.717, 1.165) is 61.2 Å². The standard InChI is InChI=1S/C61H84F6N2O2S2/c1-5-7-9-11-13-15-17-19-21-23-25-27-29-31-41-68-57(70)49-37-33-47(34-38-49)53-43-51(45(3)72-53)55-56(60(64,65)61(66,67)59(55,62)63)52-44-54(73-46(52)4)48-35-39-50(40-36-48)58(71)69-42-32-30-28-26-24-22-20-18-16-14-12-10-8-6-2/h33-40,43-44H,5-32,41-42H2,1-4H3,(H,68,70)(H,69,71). The summed E-state index contributed by atoms with van der Waals surface area (Å²) >= 11 is 2.07. The summed E-state index contributed by atoms with van der Waals surface area (Å²) in [5.41, 5.74) is -1.64. The number of unbranched alkanes of at least 4 members (excludes halogenated alkanes) is 26. The van der Waals surface area contributed by atoms with E-state index in [2.05, 4.69) is 24.5 Å². The number of aryl methyl sites for hydroxylation is 2. The minimum absolute atomic E-state index is 0.178. The average molecular weight is 1060 g/mol. The van der Waals surface area contributed by atoms with Crippen molar-refractivity contribution in [2.75, 3.05) is 13.1 Å². The van der Waals surface area contributed by atoms with Crippen molar-refractivity contribution in [1.82, 2.24) is 10.6 Å². The normalized spacial score (nSPS) is 14.8. The van der Waals surface area contributed by atoms with Gasteiger partial charge in [0.2, 0.25) is 0 Å². The predicted octanol–water partition coefficient (Wildman–Crippen LogP) is 20.0. The largest absolute Gasteiger partial charge is 0.380 e. The fourth-order valence-corrected chi connectivity index (χ4v) is 12.1. The molecule has 0 saturated carbocycles. The molecule has 2 aromatic heterocycles. The predicted molar refractivity (Wildman–Crippen MR) is 296 cm³/mol. The first-order valence-electron chi connectivity index (χ1n) is 28.0. The summed E-state index contributed by atoms with van der Waals surface area (Å²) < 4.78 is 95.0. The number of hydrogen-bond acceptors (Lipinski definition) is 4. The average Bonchev–Trinajstić information content (AvgIpc) is 3.98. The summed E-state index contributed by atoms with van der Waals surface area (Å²) in [4.78, 5) is 27.1. The van der Waals surface area contributed by atoms with Crippen molar-refractivity contribution in [3.8, 4) is 20.9 Å². The van der Waals surface area contributed by atoms with Gasteiger partial charge in [-0.25, -0.2) is 0 Å². The first kappa shape index (κ1) is 60.0. The molecule has 0 bridgehead atoms. The van der Waals surface area contributed by atoms with Crippen LogP contribution < -0.4 is 10.6 Å². The maximum atomic E-state index is 16.0. The fraction of sp³-hybridized carbons (Fsp3) is 0.607. The molecule has 1 aliphatic carbocycles. The van der Waals surface area contributed by atoms with Crippen molar-refractivity contribution in [3.05, 3.63) is 92.7 Å². The van der Waals surface area contributed by atoms with Crippen LogP contribution in [0.25, 0.3) is 32.0 Å². The molecule has 2 aromatic carbocycles. The van der Waals surface area contributed by atoms with E-state index in [1.54, 1.807) is 48.5 Å². The van der Waals surface area contributed by atoms with Gasteiger partial charge >= 0.3 is 17.8 Å². The Balaban J connectivity index is 1.13. The van der Waals surface area contributed by atoms with E-state index in [0.29, 0.717) is 45.1 Å². The van der Waals surface area contributed by atoms with Crippen molar-refractivity contribution in [2.24, 2.45) is 0 Å². The quantitative estimate of drug-likeness (QED) is 0.0352. The van der Waals surface area contributed by atoms with E-state index in [4.69, 9.17) is 0 Å². The number of halogens is 6. The van der Waals surface area contributed by atoms with Crippen molar-refractivity contribution < 1.29 is 35.9 Å². The summed E-state index contributed by atoms with van der Waals surface area (Å²) in [6.07, 6.45) is 34.9. The summed E-state index contributed by atoms with van der Waals surface area (Å²) in [5, 5.41) is 5.92. The van der Waals surface area contributed by atoms with Gasteiger partial charge in [-0.1, -0.05) is 205 Å². The van der Waals surface area contributed by atoms with Crippen molar-refractivity contribution in [3.63, 3.8) is 0 Å². The van der Waals surface area contributed by atoms with Crippen LogP contribution in [-0.4, -0.2) is 42.7 Å². The molecule has 0 spiro atoms. The third kappa shape index (κ3) is 17.1. The number of nitrogens with one attached hydrogen (secondary N) is 2. The number of thiophene rings is 2. The van der Waals surface area contributed by atoms with Crippen LogP contribution in [0.3, 0.4) is 0 Å². The molecule has 0 radical (unpaired) electrons. The Hall–Kier alpha value is -3.90. The van der Waals surface area contributed by atoms with Gasteiger partial charge in [-0.05, 0) is 85.3 Å². The molecule has 2 heterocycles. The molecule has 0 aliphatic heterocycles. The van der Waals surface area contributed by atoms with E-state index >= 15 is 26.3 Å². The third-order valence-electron chi connectivity index (χ3n) is 14.5. The molecule has 1 aliphatic rings. The molecule has 2 amide bonds. The Morgan fingerprint density at radius 2 is 0.671 bits per heavy atom. The zero-order valence-corrected chi connectivity index (χ0v) is 46.0. The monoisotopic (exact) mass is 1050 g/mol. The van der Waals surface area contributed by atoms with E-state index in [1.165, 1.54) is 167 Å². The summed E-state index contributed by atoms with van der Waals surface area (Å²) in [6, 6.07) is 15.6. The minimum atomic E-state index is -5.70. The van der Waals surface area contributed by atoms with Gasteiger partial charge in [-0.2, -0.15) is 26.3 Å². The van der Waals surface area contributed by atoms with Crippen LogP contribution in [0.2, 0.25) is 0 Å². The van der Waals surface area contributed by atoms with Crippen LogP contribution >= 0.6 is 22.7 Å². The molecule has 0 atom stereocenters. The molecule has 404 valence electrons. The highest BCUT2D eigenvalue weighted by molar-refractivity contribution is 7.16. The van der Waals surface area contributed by atoms with E-state index < -0.39 is 28.9 Å². The lowest BCUT2D eigenvalue weighted by molar-refractivity contribution is -0.254. The number of allylic oxidation sites excluding steroid dienone is 2. The van der Waals surface area contributed by atoms with Crippen molar-refractivity contribution >= 4 is 45.6 Å². The van der Waals surface area contributed by atoms with Crippen LogP contribution in [0.5, 0.6) is 0 Å². The number of benzene rings is 2. The molecular formula is C61H84F6N2O2S2. The second kappa shape index (κ2) is 30.6. The Labute approximate surface area is 442 Å². The highest BCUT2D eigenvalue weighted by atomic mass is 32.1. The molecule has 73 heavy (non-hydrogen) atoms. The Morgan fingerprint density at radius 3 is 0.945 bits per heavy atom. The first-order chi connectivity index (χ1) is 35.1. The van der Waals surface area contributed by atoms with Gasteiger partial charge in [0.1, 0.15) is 0 Å². The lowest BCUT2D eigenvalue weighted by Gasteiger charge is -2.25. The Bertz CT molecular complexity index is 2140. The topological polar surface area (TPSA) is 58.2 Å². The lowest BCUT2D eigenvalue weighted by atomic mass is 9.94. The van der Waals surface area contributed by atoms with E-state index in [-0.39, 0.29) is 32.7 Å². The zero-order chi connectivity index (χ0) is 52.7. The second-order valence-corrected chi connectivity index (χ2v) is 23.0. The SMILES string of the molecule is CCCCCCCCCCCCCCCCNC(=O)c1ccc(-c2cc(C3=C(c4cc(-c5ccc(C(=O)NCCCCCCCCCCCCCCCC)cc5)sc4C)C(F)(F)C(F)(F)C3(F)F)c(C)s2)cc1. The van der Waals surface area contributed by atoms with Gasteiger partial charge in [0, 0.05) is 54.9 Å². The third-order valence-corrected chi connectivity index (χ3v) is 16.7. The number of rotatable bonds is 36. The summed E-state index contributed by atoms with van der Waals surface area (Å²) in [5.74, 6) is -16.6. The maximum absolute atomic E-state index is 16.0. The molecule has 0 fully saturated rings. The Kier molecular flexibility index (Phi) is 25.1. The number of amides is 2. The lowest BCUT2D eigenvalue weighted by Crippen LogP contribution is -2.48. The first-order valence-corrected chi connectivity index (χ1v) is 29.7. The molecular weight excluding hydrogens is 971 g/mol. The van der Waals surface area contributed by atoms with Gasteiger partial charge < -0.3 is 10.6 Å². The number of carbonyl (C=O) groups is 2. The fourth-order valence-electron chi connectivity index (χ4n) is 10.00. The minimum Gasteiger partial charge on any atom is -0.352 e. The Morgan fingerprint density at radius 1 is 0.411 bits per heavy atom. The van der Waals surface area contributed by atoms with Gasteiger partial charge in [-0.15, -0.1) is 22.7 Å². The maximum Gasteiger partial charge on any atom is 0.380 e. The molecule has 0 unspecified atom stereocenters. The van der Waals surface area contributed by atoms with Crippen LogP contribution in [0, 0.1) is 13.8 Å². The summed E-state index contributed by atoms with van der Waals surface area (Å²) in [7, 11) is 0. The van der Waals surface area contributed by atoms with Gasteiger partial charge in [-0.3, -0.25) is 9.59 Å². The van der Waals surface area contributed by atoms with Crippen LogP contribution in [-0.2, 0) is 0 Å². The zero-order valence-electron chi connectivity index (χ0n) is 44.4. The molecule has 5 rings (SSSR count). The number of hydrogen-bond donors (Lipinski definition) is 2. The second-order valence-electron chi connectivity index (χ2n) is 20.5. The van der Waals surface area contributed by atoms with Gasteiger partial charge in [0.15, 0.2) is 0 Å². The van der Waals surface area contributed by atoms with E-state index in [9.17, 15) is 9.59 Å². The number of carbonyl (C=O) groups excluding carboxylic acids is 2. The van der Waals surface area contributed by atoms with Gasteiger partial charge in [0.25, 0.3) is 11.8 Å². The summed E-state index contributed by atoms with van der Waals surface area (Å²) in [6.45, 7) is 8.49. The molecule has 4 nitrogen and oxygen atoms in total. The highest BCUT2D eigenvalue weighted by Gasteiger charge is 2.80. The van der Waals surface area contributed by atoms with Crippen molar-refractivity contribution in [1.29, 1.82) is 0 Å². The van der Waals surface area contributed by atoms with Crippen LogP contribution in [0.1, 0.15) is 235 Å². The van der Waals surface area contributed by atoms with E-state index in [1.807, 2.05) is 0 Å². The van der Waals surface area contributed by atoms with Crippen LogP contribution in [0.15, 0.2) is 60.7 Å². The molecule has 0 saturated heterocycles. The highest BCUT2D eigenvalue weighted by Crippen LogP contribution is 2.66. The molecule has 12 heteroatoms.